The van der Waals surface area contributed by atoms with Crippen molar-refractivity contribution in [1.82, 2.24) is 15.2 Å². The number of hydrazine groups is 1. The number of likely N-dealkylation sites (N-methyl/N-ethyl adjacent to an activating group) is 2. The van der Waals surface area contributed by atoms with E-state index < -0.39 is 0 Å². The van der Waals surface area contributed by atoms with E-state index in [-0.39, 0.29) is 0 Å². The molecule has 102 valence electrons. The quantitative estimate of drug-likeness (QED) is 0.536. The summed E-state index contributed by atoms with van der Waals surface area (Å²) < 4.78 is 0. The number of hydrogen-bond acceptors (Lipinski definition) is 4. The second kappa shape index (κ2) is 7.31. The van der Waals surface area contributed by atoms with Crippen molar-refractivity contribution in [2.24, 2.45) is 11.8 Å². The fourth-order valence-corrected chi connectivity index (χ4v) is 2.86. The van der Waals surface area contributed by atoms with E-state index in [1.54, 1.807) is 0 Å². The Bertz CT molecular complexity index is 210. The molecule has 1 rings (SSSR count). The van der Waals surface area contributed by atoms with Crippen LogP contribution in [0.5, 0.6) is 0 Å². The Morgan fingerprint density at radius 1 is 1.35 bits per heavy atom. The Hall–Kier alpha value is -0.160. The molecule has 0 spiro atoms. The van der Waals surface area contributed by atoms with Crippen molar-refractivity contribution in [3.63, 3.8) is 0 Å². The normalized spacial score (nSPS) is 27.0. The molecule has 4 nitrogen and oxygen atoms in total. The summed E-state index contributed by atoms with van der Waals surface area (Å²) in [4.78, 5) is 4.85. The van der Waals surface area contributed by atoms with Gasteiger partial charge in [0.05, 0.1) is 0 Å². The van der Waals surface area contributed by atoms with E-state index in [1.165, 1.54) is 19.3 Å². The van der Waals surface area contributed by atoms with Crippen LogP contribution >= 0.6 is 0 Å². The third kappa shape index (κ3) is 4.54. The van der Waals surface area contributed by atoms with Crippen LogP contribution in [-0.2, 0) is 0 Å². The molecule has 0 aromatic heterocycles. The molecule has 0 aliphatic carbocycles. The summed E-state index contributed by atoms with van der Waals surface area (Å²) in [5, 5.41) is 0. The minimum Gasteiger partial charge on any atom is -0.303 e. The third-order valence-corrected chi connectivity index (χ3v) is 4.02. The Kier molecular flexibility index (Phi) is 6.41. The van der Waals surface area contributed by atoms with Gasteiger partial charge in [0.25, 0.3) is 0 Å². The summed E-state index contributed by atoms with van der Waals surface area (Å²) >= 11 is 0. The minimum absolute atomic E-state index is 0.407. The fourth-order valence-electron chi connectivity index (χ4n) is 2.86. The molecular formula is C13H30N4. The van der Waals surface area contributed by atoms with Crippen molar-refractivity contribution in [2.45, 2.75) is 45.2 Å². The summed E-state index contributed by atoms with van der Waals surface area (Å²) in [5.41, 5.74) is 3.04. The van der Waals surface area contributed by atoms with E-state index in [4.69, 9.17) is 5.84 Å². The van der Waals surface area contributed by atoms with E-state index in [0.29, 0.717) is 12.1 Å². The Labute approximate surface area is 106 Å². The van der Waals surface area contributed by atoms with Gasteiger partial charge in [0.1, 0.15) is 0 Å². The lowest BCUT2D eigenvalue weighted by Crippen LogP contribution is -2.60. The molecule has 0 radical (unpaired) electrons. The second-order valence-electron chi connectivity index (χ2n) is 5.71. The first-order chi connectivity index (χ1) is 8.08. The number of nitrogens with zero attached hydrogens (tertiary/aromatic N) is 2. The lowest BCUT2D eigenvalue weighted by molar-refractivity contribution is 0.0805. The molecule has 3 atom stereocenters. The topological polar surface area (TPSA) is 44.5 Å². The van der Waals surface area contributed by atoms with Crippen molar-refractivity contribution < 1.29 is 0 Å². The summed E-state index contributed by atoms with van der Waals surface area (Å²) in [6.07, 6.45) is 3.73. The van der Waals surface area contributed by atoms with Crippen LogP contribution in [0.2, 0.25) is 0 Å². The molecule has 1 fully saturated rings. The van der Waals surface area contributed by atoms with Gasteiger partial charge in [0.15, 0.2) is 0 Å². The molecular weight excluding hydrogens is 212 g/mol. The molecule has 3 N–H and O–H groups in total. The standard InChI is InChI=1S/C13H30N4/c1-5-6-11(2)9-12(15-14)13-10-16(3)7-8-17(13)4/h11-13,15H,5-10,14H2,1-4H3. The molecule has 4 heteroatoms. The Morgan fingerprint density at radius 2 is 2.06 bits per heavy atom. The Balaban J connectivity index is 2.52. The molecule has 0 bridgehead atoms. The van der Waals surface area contributed by atoms with Crippen LogP contribution in [0.3, 0.4) is 0 Å². The van der Waals surface area contributed by atoms with Crippen LogP contribution in [0.25, 0.3) is 0 Å². The predicted octanol–water partition coefficient (Wildman–Crippen LogP) is 0.890. The first-order valence-electron chi connectivity index (χ1n) is 6.93. The maximum absolute atomic E-state index is 5.76. The maximum Gasteiger partial charge on any atom is 0.0387 e. The molecule has 0 aromatic rings. The van der Waals surface area contributed by atoms with Gasteiger partial charge < -0.3 is 4.90 Å². The lowest BCUT2D eigenvalue weighted by atomic mass is 9.92. The van der Waals surface area contributed by atoms with Gasteiger partial charge >= 0.3 is 0 Å². The highest BCUT2D eigenvalue weighted by molar-refractivity contribution is 4.88. The molecule has 0 saturated carbocycles. The predicted molar refractivity (Wildman–Crippen MR) is 73.7 cm³/mol. The van der Waals surface area contributed by atoms with Crippen LogP contribution in [0, 0.1) is 5.92 Å². The maximum atomic E-state index is 5.76. The molecule has 1 aliphatic heterocycles. The van der Waals surface area contributed by atoms with E-state index in [1.807, 2.05) is 0 Å². The van der Waals surface area contributed by atoms with Gasteiger partial charge in [-0.25, -0.2) is 0 Å². The number of nitrogens with one attached hydrogen (secondary N) is 1. The molecule has 17 heavy (non-hydrogen) atoms. The zero-order chi connectivity index (χ0) is 12.8. The van der Waals surface area contributed by atoms with Gasteiger partial charge in [-0.2, -0.15) is 0 Å². The average molecular weight is 242 g/mol. The Morgan fingerprint density at radius 3 is 2.65 bits per heavy atom. The van der Waals surface area contributed by atoms with Gasteiger partial charge in [-0.05, 0) is 26.4 Å². The van der Waals surface area contributed by atoms with Gasteiger partial charge in [-0.15, -0.1) is 0 Å². The second-order valence-corrected chi connectivity index (χ2v) is 5.71. The van der Waals surface area contributed by atoms with E-state index in [9.17, 15) is 0 Å². The van der Waals surface area contributed by atoms with Crippen molar-refractivity contribution in [2.75, 3.05) is 33.7 Å². The largest absolute Gasteiger partial charge is 0.303 e. The number of piperazine rings is 1. The van der Waals surface area contributed by atoms with E-state index in [2.05, 4.69) is 43.2 Å². The number of nitrogens with two attached hydrogens (primary N) is 1. The van der Waals surface area contributed by atoms with E-state index in [0.717, 1.165) is 25.6 Å². The fraction of sp³-hybridized carbons (Fsp3) is 1.00. The SMILES string of the molecule is CCCC(C)CC(NN)C1CN(C)CCN1C. The molecule has 1 saturated heterocycles. The van der Waals surface area contributed by atoms with Crippen molar-refractivity contribution >= 4 is 0 Å². The van der Waals surface area contributed by atoms with Crippen LogP contribution in [-0.4, -0.2) is 55.6 Å². The highest BCUT2D eigenvalue weighted by atomic mass is 15.3. The minimum atomic E-state index is 0.407. The zero-order valence-electron chi connectivity index (χ0n) is 11.9. The van der Waals surface area contributed by atoms with Crippen molar-refractivity contribution in [1.29, 1.82) is 0 Å². The zero-order valence-corrected chi connectivity index (χ0v) is 11.9. The van der Waals surface area contributed by atoms with Crippen LogP contribution in [0.1, 0.15) is 33.1 Å². The van der Waals surface area contributed by atoms with Crippen molar-refractivity contribution in [3.8, 4) is 0 Å². The average Bonchev–Trinajstić information content (AvgIpc) is 2.30. The van der Waals surface area contributed by atoms with Gasteiger partial charge in [0.2, 0.25) is 0 Å². The summed E-state index contributed by atoms with van der Waals surface area (Å²) in [7, 11) is 4.41. The highest BCUT2D eigenvalue weighted by Gasteiger charge is 2.29. The number of hydrogen-bond donors (Lipinski definition) is 2. The summed E-state index contributed by atoms with van der Waals surface area (Å²) in [6, 6.07) is 0.947. The molecule has 1 aliphatic rings. The molecule has 0 aromatic carbocycles. The lowest BCUT2D eigenvalue weighted by Gasteiger charge is -2.42. The molecule has 1 heterocycles. The van der Waals surface area contributed by atoms with E-state index >= 15 is 0 Å². The first-order valence-corrected chi connectivity index (χ1v) is 6.93. The molecule has 0 amide bonds. The summed E-state index contributed by atoms with van der Waals surface area (Å²) in [5.74, 6) is 6.51. The van der Waals surface area contributed by atoms with Crippen LogP contribution in [0.4, 0.5) is 0 Å². The van der Waals surface area contributed by atoms with Crippen molar-refractivity contribution in [3.05, 3.63) is 0 Å². The van der Waals surface area contributed by atoms with Gasteiger partial charge in [0, 0.05) is 31.7 Å². The van der Waals surface area contributed by atoms with Gasteiger partial charge in [-0.3, -0.25) is 16.2 Å². The smallest absolute Gasteiger partial charge is 0.0387 e. The third-order valence-electron chi connectivity index (χ3n) is 4.02. The van der Waals surface area contributed by atoms with Crippen LogP contribution in [0.15, 0.2) is 0 Å². The monoisotopic (exact) mass is 242 g/mol. The first kappa shape index (κ1) is 14.9. The number of rotatable bonds is 6. The van der Waals surface area contributed by atoms with Gasteiger partial charge in [-0.1, -0.05) is 26.7 Å². The van der Waals surface area contributed by atoms with Crippen LogP contribution < -0.4 is 11.3 Å². The highest BCUT2D eigenvalue weighted by Crippen LogP contribution is 2.18. The summed E-state index contributed by atoms with van der Waals surface area (Å²) in [6.45, 7) is 8.00. The molecule has 3 unspecified atom stereocenters.